The predicted molar refractivity (Wildman–Crippen MR) is 47.3 cm³/mol. The molecule has 2 rings (SSSR count). The Hall–Kier alpha value is -3.46. The molecule has 0 unspecified atom stereocenters. The molecule has 2 aromatic rings. The maximum absolute atomic E-state index is 10.2. The zero-order valence-corrected chi connectivity index (χ0v) is 8.11. The van der Waals surface area contributed by atoms with E-state index in [1.807, 2.05) is 0 Å². The molecule has 2 heterocycles. The average Bonchev–Trinajstić information content (AvgIpc) is 2.85. The van der Waals surface area contributed by atoms with Gasteiger partial charge in [0.1, 0.15) is 0 Å². The topological polar surface area (TPSA) is 198 Å². The molecule has 0 radical (unpaired) electrons. The third-order valence-electron chi connectivity index (χ3n) is 1.49. The van der Waals surface area contributed by atoms with Gasteiger partial charge in [0.25, 0.3) is 0 Å². The lowest BCUT2D eigenvalue weighted by molar-refractivity contribution is -0.463. The number of hydrogen-bond acceptors (Lipinski definition) is 10. The van der Waals surface area contributed by atoms with Crippen LogP contribution in [0.1, 0.15) is 0 Å². The smallest absolute Gasteiger partial charge is 0.339 e. The van der Waals surface area contributed by atoms with E-state index in [2.05, 4.69) is 31.1 Å². The van der Waals surface area contributed by atoms with E-state index < -0.39 is 10.1 Å². The van der Waals surface area contributed by atoms with Crippen molar-refractivity contribution in [2.75, 3.05) is 11.1 Å². The molecule has 2 N–H and O–H groups in total. The summed E-state index contributed by atoms with van der Waals surface area (Å²) in [6, 6.07) is 0. The summed E-state index contributed by atoms with van der Waals surface area (Å²) >= 11 is 0. The first-order chi connectivity index (χ1) is 8.58. The molecule has 0 spiro atoms. The van der Waals surface area contributed by atoms with E-state index in [9.17, 15) is 20.2 Å². The second-order valence-corrected chi connectivity index (χ2v) is 2.54. The van der Waals surface area contributed by atoms with Gasteiger partial charge in [0.2, 0.25) is 0 Å². The molecule has 0 aliphatic rings. The van der Waals surface area contributed by atoms with Crippen molar-refractivity contribution in [2.24, 2.45) is 0 Å². The summed E-state index contributed by atoms with van der Waals surface area (Å²) in [4.78, 5) is 21.6. The summed E-state index contributed by atoms with van der Waals surface area (Å²) < 4.78 is 0. The fraction of sp³-hybridized carbons (Fsp3) is 0. The van der Waals surface area contributed by atoms with E-state index in [-0.39, 0.29) is 11.6 Å². The Balaban J connectivity index is 2.37. The second-order valence-electron chi connectivity index (χ2n) is 2.54. The molecule has 0 amide bonds. The Labute approximate surface area is 94.7 Å². The molecule has 0 saturated heterocycles. The molecule has 16 nitrogen and oxygen atoms in total. The van der Waals surface area contributed by atoms with Crippen molar-refractivity contribution in [1.82, 2.24) is 40.6 Å². The number of aromatic nitrogens is 8. The maximum atomic E-state index is 10.2. The van der Waals surface area contributed by atoms with Crippen molar-refractivity contribution in [3.05, 3.63) is 20.2 Å². The number of nitrogens with one attached hydrogen (secondary N) is 2. The maximum Gasteiger partial charge on any atom is 0.365 e. The molecule has 94 valence electrons. The molecule has 0 aliphatic heterocycles. The van der Waals surface area contributed by atoms with Gasteiger partial charge in [-0.3, -0.25) is 0 Å². The Bertz CT molecular complexity index is 530. The van der Waals surface area contributed by atoms with E-state index in [4.69, 9.17) is 0 Å². The normalized spacial score (nSPS) is 10.0. The molecule has 0 atom stereocenters. The minimum Gasteiger partial charge on any atom is -0.339 e. The summed E-state index contributed by atoms with van der Waals surface area (Å²) in [6.45, 7) is 0. The van der Waals surface area contributed by atoms with Crippen molar-refractivity contribution in [3.8, 4) is 11.6 Å². The Morgan fingerprint density at radius 2 is 1.28 bits per heavy atom. The number of nitrogens with zero attached hydrogens (tertiary/aromatic N) is 10. The van der Waals surface area contributed by atoms with Crippen LogP contribution >= 0.6 is 0 Å². The summed E-state index contributed by atoms with van der Waals surface area (Å²) in [5.41, 5.74) is 3.24. The fourth-order valence-electron chi connectivity index (χ4n) is 0.942. The molecule has 16 heteroatoms. The molecule has 0 fully saturated rings. The summed E-state index contributed by atoms with van der Waals surface area (Å²) in [6.07, 6.45) is 0. The zero-order chi connectivity index (χ0) is 13.1. The van der Waals surface area contributed by atoms with E-state index >= 15 is 0 Å². The molecule has 18 heavy (non-hydrogen) atoms. The van der Waals surface area contributed by atoms with Gasteiger partial charge in [-0.25, -0.2) is 0 Å². The Morgan fingerprint density at radius 3 is 1.61 bits per heavy atom. The molecule has 0 saturated carbocycles. The highest BCUT2D eigenvalue weighted by molar-refractivity contribution is 5.41. The molecular formula is C2H2N12O4. The van der Waals surface area contributed by atoms with E-state index in [0.717, 1.165) is 0 Å². The monoisotopic (exact) mass is 258 g/mol. The van der Waals surface area contributed by atoms with Crippen molar-refractivity contribution in [2.45, 2.75) is 0 Å². The van der Waals surface area contributed by atoms with Gasteiger partial charge in [0.15, 0.2) is 0 Å². The first-order valence-corrected chi connectivity index (χ1v) is 3.97. The zero-order valence-electron chi connectivity index (χ0n) is 8.11. The van der Waals surface area contributed by atoms with Crippen molar-refractivity contribution in [1.29, 1.82) is 0 Å². The predicted octanol–water partition coefficient (Wildman–Crippen LogP) is -3.20. The van der Waals surface area contributed by atoms with Gasteiger partial charge in [0.05, 0.1) is 20.5 Å². The molecule has 0 aliphatic carbocycles. The van der Waals surface area contributed by atoms with Crippen LogP contribution in [0.3, 0.4) is 0 Å². The van der Waals surface area contributed by atoms with Gasteiger partial charge >= 0.3 is 11.6 Å². The Kier molecular flexibility index (Phi) is 2.57. The second kappa shape index (κ2) is 4.19. The molecule has 0 aromatic carbocycles. The highest BCUT2D eigenvalue weighted by Gasteiger charge is 2.28. The SMILES string of the molecule is O=[N+]([O-])Nn1nnnc1-c1nnnn1N[N+](=O)[O-]. The summed E-state index contributed by atoms with van der Waals surface area (Å²) in [7, 11) is 0. The van der Waals surface area contributed by atoms with E-state index in [0.29, 0.717) is 9.58 Å². The quantitative estimate of drug-likeness (QED) is 0.402. The molecule has 2 aromatic heterocycles. The first-order valence-electron chi connectivity index (χ1n) is 3.97. The standard InChI is InChI=1S/C2H2N12O4/c15-13(16)9-11-1(3-5-7-11)2-4-6-8-12(2)10-14(17)18/h9-10H. The first kappa shape index (κ1) is 11.0. The fourth-order valence-corrected chi connectivity index (χ4v) is 0.942. The number of nitro groups is 2. The van der Waals surface area contributed by atoms with Gasteiger partial charge in [-0.05, 0) is 11.1 Å². The lowest BCUT2D eigenvalue weighted by Gasteiger charge is -1.96. The minimum absolute atomic E-state index is 0.300. The van der Waals surface area contributed by atoms with Gasteiger partial charge in [0, 0.05) is 20.0 Å². The van der Waals surface area contributed by atoms with Crippen LogP contribution < -0.4 is 11.1 Å². The number of hydrogen-bond donors (Lipinski definition) is 2. The van der Waals surface area contributed by atoms with E-state index in [1.165, 1.54) is 0 Å². The van der Waals surface area contributed by atoms with E-state index in [1.54, 1.807) is 11.1 Å². The Morgan fingerprint density at radius 1 is 0.889 bits per heavy atom. The van der Waals surface area contributed by atoms with Crippen LogP contribution in [0.5, 0.6) is 0 Å². The lowest BCUT2D eigenvalue weighted by Crippen LogP contribution is -2.27. The average molecular weight is 258 g/mol. The van der Waals surface area contributed by atoms with Crippen LogP contribution in [0.15, 0.2) is 0 Å². The molecular weight excluding hydrogens is 256 g/mol. The number of rotatable bonds is 5. The number of hydrazine groups is 2. The lowest BCUT2D eigenvalue weighted by atomic mass is 10.6. The van der Waals surface area contributed by atoms with Crippen LogP contribution in [0.4, 0.5) is 0 Å². The van der Waals surface area contributed by atoms with Crippen LogP contribution in [0.25, 0.3) is 11.6 Å². The van der Waals surface area contributed by atoms with Crippen LogP contribution in [-0.2, 0) is 0 Å². The van der Waals surface area contributed by atoms with Gasteiger partial charge < -0.3 is 20.2 Å². The van der Waals surface area contributed by atoms with Crippen LogP contribution in [0, 0.1) is 20.2 Å². The van der Waals surface area contributed by atoms with Gasteiger partial charge in [-0.15, -0.1) is 0 Å². The summed E-state index contributed by atoms with van der Waals surface area (Å²) in [5.74, 6) is -0.600. The van der Waals surface area contributed by atoms with Gasteiger partial charge in [-0.2, -0.15) is 0 Å². The summed E-state index contributed by atoms with van der Waals surface area (Å²) in [5, 5.41) is 38.1. The minimum atomic E-state index is -0.936. The third-order valence-corrected chi connectivity index (χ3v) is 1.49. The number of tetrazole rings is 2. The highest BCUT2D eigenvalue weighted by Crippen LogP contribution is 2.07. The van der Waals surface area contributed by atoms with Crippen molar-refractivity contribution in [3.63, 3.8) is 0 Å². The highest BCUT2D eigenvalue weighted by atomic mass is 16.7. The van der Waals surface area contributed by atoms with Crippen LogP contribution in [-0.4, -0.2) is 50.7 Å². The largest absolute Gasteiger partial charge is 0.365 e. The third kappa shape index (κ3) is 2.05. The molecule has 0 bridgehead atoms. The van der Waals surface area contributed by atoms with Crippen molar-refractivity contribution < 1.29 is 10.1 Å². The van der Waals surface area contributed by atoms with Gasteiger partial charge in [-0.1, -0.05) is 10.2 Å². The van der Waals surface area contributed by atoms with Crippen molar-refractivity contribution >= 4 is 0 Å². The van der Waals surface area contributed by atoms with Crippen LogP contribution in [0.2, 0.25) is 0 Å².